The molecule has 0 spiro atoms. The Morgan fingerprint density at radius 2 is 1.50 bits per heavy atom. The van der Waals surface area contributed by atoms with E-state index >= 15 is 0 Å². The van der Waals surface area contributed by atoms with Crippen molar-refractivity contribution in [2.24, 2.45) is 5.92 Å². The van der Waals surface area contributed by atoms with Crippen LogP contribution in [0.2, 0.25) is 5.02 Å². The minimum absolute atomic E-state index is 0.380. The van der Waals surface area contributed by atoms with Crippen LogP contribution in [0, 0.1) is 5.92 Å². The van der Waals surface area contributed by atoms with Crippen LogP contribution in [0.1, 0.15) is 19.4 Å². The maximum absolute atomic E-state index is 12.9. The van der Waals surface area contributed by atoms with Crippen LogP contribution in [-0.4, -0.2) is 38.9 Å². The average Bonchev–Trinajstić information content (AvgIpc) is 2.62. The van der Waals surface area contributed by atoms with E-state index in [0.717, 1.165) is 12.1 Å². The lowest BCUT2D eigenvalue weighted by Crippen LogP contribution is -2.48. The molecule has 0 unspecified atom stereocenters. The number of sulfonamides is 1. The maximum atomic E-state index is 12.9. The largest absolute Gasteiger partial charge is 0.369 e. The molecular weight excluding hydrogens is 368 g/mol. The first kappa shape index (κ1) is 19.2. The van der Waals surface area contributed by atoms with Crippen LogP contribution in [0.4, 0.5) is 5.69 Å². The number of anilines is 1. The number of piperazine rings is 1. The van der Waals surface area contributed by atoms with E-state index in [0.29, 0.717) is 42.0 Å². The summed E-state index contributed by atoms with van der Waals surface area (Å²) in [7, 11) is -3.43. The molecule has 3 rings (SSSR count). The van der Waals surface area contributed by atoms with E-state index in [1.165, 1.54) is 5.56 Å². The van der Waals surface area contributed by atoms with Gasteiger partial charge in [-0.3, -0.25) is 0 Å². The molecule has 2 aromatic carbocycles. The molecule has 0 bridgehead atoms. The Morgan fingerprint density at radius 1 is 0.923 bits per heavy atom. The highest BCUT2D eigenvalue weighted by Gasteiger charge is 2.28. The summed E-state index contributed by atoms with van der Waals surface area (Å²) in [6, 6.07) is 15.0. The van der Waals surface area contributed by atoms with E-state index in [4.69, 9.17) is 11.6 Å². The van der Waals surface area contributed by atoms with Crippen LogP contribution in [0.25, 0.3) is 0 Å². The van der Waals surface area contributed by atoms with Gasteiger partial charge >= 0.3 is 0 Å². The highest BCUT2D eigenvalue weighted by Crippen LogP contribution is 2.23. The van der Waals surface area contributed by atoms with E-state index in [1.54, 1.807) is 16.4 Å². The van der Waals surface area contributed by atoms with Gasteiger partial charge in [0.2, 0.25) is 10.0 Å². The van der Waals surface area contributed by atoms with Gasteiger partial charge in [-0.1, -0.05) is 37.6 Å². The number of halogens is 1. The SMILES string of the molecule is CC(C)Cc1ccc(S(=O)(=O)N2CCN(c3ccc(Cl)cc3)CC2)cc1. The Labute approximate surface area is 161 Å². The maximum Gasteiger partial charge on any atom is 0.243 e. The quantitative estimate of drug-likeness (QED) is 0.770. The fraction of sp³-hybridized carbons (Fsp3) is 0.400. The minimum Gasteiger partial charge on any atom is -0.369 e. The van der Waals surface area contributed by atoms with Gasteiger partial charge < -0.3 is 4.90 Å². The second-order valence-electron chi connectivity index (χ2n) is 7.11. The van der Waals surface area contributed by atoms with Gasteiger partial charge in [0.1, 0.15) is 0 Å². The van der Waals surface area contributed by atoms with Gasteiger partial charge in [0.05, 0.1) is 4.90 Å². The topological polar surface area (TPSA) is 40.6 Å². The Morgan fingerprint density at radius 3 is 2.04 bits per heavy atom. The monoisotopic (exact) mass is 392 g/mol. The second kappa shape index (κ2) is 7.99. The summed E-state index contributed by atoms with van der Waals surface area (Å²) >= 11 is 5.93. The summed E-state index contributed by atoms with van der Waals surface area (Å²) in [6.07, 6.45) is 0.958. The normalized spacial score (nSPS) is 16.2. The van der Waals surface area contributed by atoms with E-state index in [2.05, 4.69) is 18.7 Å². The lowest BCUT2D eigenvalue weighted by atomic mass is 10.0. The molecule has 2 aromatic rings. The zero-order valence-electron chi connectivity index (χ0n) is 15.2. The molecule has 0 N–H and O–H groups in total. The number of hydrogen-bond donors (Lipinski definition) is 0. The lowest BCUT2D eigenvalue weighted by molar-refractivity contribution is 0.385. The summed E-state index contributed by atoms with van der Waals surface area (Å²) < 4.78 is 27.4. The van der Waals surface area contributed by atoms with Crippen molar-refractivity contribution in [3.63, 3.8) is 0 Å². The molecule has 1 fully saturated rings. The minimum atomic E-state index is -3.43. The van der Waals surface area contributed by atoms with E-state index in [1.807, 2.05) is 36.4 Å². The van der Waals surface area contributed by atoms with Crippen LogP contribution in [-0.2, 0) is 16.4 Å². The smallest absolute Gasteiger partial charge is 0.243 e. The highest BCUT2D eigenvalue weighted by atomic mass is 35.5. The molecule has 1 heterocycles. The first-order chi connectivity index (χ1) is 12.4. The molecule has 1 saturated heterocycles. The van der Waals surface area contributed by atoms with Crippen molar-refractivity contribution in [1.29, 1.82) is 0 Å². The number of benzene rings is 2. The Balaban J connectivity index is 1.66. The average molecular weight is 393 g/mol. The zero-order chi connectivity index (χ0) is 18.7. The molecule has 0 aliphatic carbocycles. The molecule has 1 aliphatic heterocycles. The van der Waals surface area contributed by atoms with Crippen LogP contribution < -0.4 is 4.90 Å². The van der Waals surface area contributed by atoms with Crippen LogP contribution in [0.5, 0.6) is 0 Å². The molecule has 0 aromatic heterocycles. The van der Waals surface area contributed by atoms with Gasteiger partial charge in [-0.15, -0.1) is 0 Å². The van der Waals surface area contributed by atoms with E-state index in [-0.39, 0.29) is 0 Å². The number of hydrogen-bond acceptors (Lipinski definition) is 3. The van der Waals surface area contributed by atoms with Crippen molar-refractivity contribution in [3.05, 3.63) is 59.1 Å². The predicted octanol–water partition coefficient (Wildman–Crippen LogP) is 4.05. The molecule has 140 valence electrons. The van der Waals surface area contributed by atoms with Gasteiger partial charge in [-0.2, -0.15) is 4.31 Å². The second-order valence-corrected chi connectivity index (χ2v) is 9.48. The predicted molar refractivity (Wildman–Crippen MR) is 107 cm³/mol. The molecule has 0 amide bonds. The van der Waals surface area contributed by atoms with Crippen LogP contribution in [0.15, 0.2) is 53.4 Å². The summed E-state index contributed by atoms with van der Waals surface area (Å²) in [6.45, 7) is 6.63. The van der Waals surface area contributed by atoms with E-state index in [9.17, 15) is 8.42 Å². The Hall–Kier alpha value is -1.56. The third kappa shape index (κ3) is 4.40. The third-order valence-electron chi connectivity index (χ3n) is 4.64. The van der Waals surface area contributed by atoms with Crippen molar-refractivity contribution < 1.29 is 8.42 Å². The standard InChI is InChI=1S/C20H25ClN2O2S/c1-16(2)15-17-3-9-20(10-4-17)26(24,25)23-13-11-22(12-14-23)19-7-5-18(21)6-8-19/h3-10,16H,11-15H2,1-2H3. The number of nitrogens with zero attached hydrogens (tertiary/aromatic N) is 2. The Kier molecular flexibility index (Phi) is 5.90. The fourth-order valence-electron chi connectivity index (χ4n) is 3.26. The summed E-state index contributed by atoms with van der Waals surface area (Å²) in [5.74, 6) is 0.554. The number of rotatable bonds is 5. The van der Waals surface area contributed by atoms with Gasteiger partial charge in [0.25, 0.3) is 0 Å². The zero-order valence-corrected chi connectivity index (χ0v) is 16.8. The van der Waals surface area contributed by atoms with Crippen molar-refractivity contribution >= 4 is 27.3 Å². The molecule has 4 nitrogen and oxygen atoms in total. The molecule has 6 heteroatoms. The highest BCUT2D eigenvalue weighted by molar-refractivity contribution is 7.89. The van der Waals surface area contributed by atoms with Gasteiger partial charge in [0, 0.05) is 36.9 Å². The first-order valence-electron chi connectivity index (χ1n) is 8.96. The molecular formula is C20H25ClN2O2S. The van der Waals surface area contributed by atoms with Crippen LogP contribution >= 0.6 is 11.6 Å². The lowest BCUT2D eigenvalue weighted by Gasteiger charge is -2.35. The summed E-state index contributed by atoms with van der Waals surface area (Å²) in [5, 5.41) is 0.705. The van der Waals surface area contributed by atoms with Crippen molar-refractivity contribution in [2.75, 3.05) is 31.1 Å². The molecule has 0 radical (unpaired) electrons. The van der Waals surface area contributed by atoms with Crippen molar-refractivity contribution in [2.45, 2.75) is 25.2 Å². The first-order valence-corrected chi connectivity index (χ1v) is 10.8. The van der Waals surface area contributed by atoms with E-state index < -0.39 is 10.0 Å². The van der Waals surface area contributed by atoms with Gasteiger partial charge in [0.15, 0.2) is 0 Å². The summed E-state index contributed by atoms with van der Waals surface area (Å²) in [4.78, 5) is 2.57. The molecule has 26 heavy (non-hydrogen) atoms. The Bertz CT molecular complexity index is 825. The van der Waals surface area contributed by atoms with Crippen molar-refractivity contribution in [1.82, 2.24) is 4.31 Å². The summed E-state index contributed by atoms with van der Waals surface area (Å²) in [5.41, 5.74) is 2.25. The van der Waals surface area contributed by atoms with Gasteiger partial charge in [-0.25, -0.2) is 8.42 Å². The van der Waals surface area contributed by atoms with Crippen molar-refractivity contribution in [3.8, 4) is 0 Å². The van der Waals surface area contributed by atoms with Gasteiger partial charge in [-0.05, 0) is 54.3 Å². The molecule has 0 saturated carbocycles. The van der Waals surface area contributed by atoms with Crippen LogP contribution in [0.3, 0.4) is 0 Å². The third-order valence-corrected chi connectivity index (χ3v) is 6.80. The molecule has 1 aliphatic rings. The molecule has 0 atom stereocenters. The fourth-order valence-corrected chi connectivity index (χ4v) is 4.80.